The molecule has 1 unspecified atom stereocenters. The third-order valence-electron chi connectivity index (χ3n) is 4.12. The number of rotatable bonds is 1. The zero-order chi connectivity index (χ0) is 17.0. The summed E-state index contributed by atoms with van der Waals surface area (Å²) in [7, 11) is 0. The zero-order valence-corrected chi connectivity index (χ0v) is 14.4. The molecule has 1 N–H and O–H groups in total. The first-order valence-electron chi connectivity index (χ1n) is 7.67. The first-order valence-corrected chi connectivity index (χ1v) is 8.86. The normalized spacial score (nSPS) is 15.8. The summed E-state index contributed by atoms with van der Waals surface area (Å²) in [4.78, 5) is 9.21. The lowest BCUT2D eigenvalue weighted by atomic mass is 10.1. The number of pyridine rings is 1. The topological polar surface area (TPSA) is 63.8 Å². The van der Waals surface area contributed by atoms with Gasteiger partial charge in [0.15, 0.2) is 17.2 Å². The van der Waals surface area contributed by atoms with Gasteiger partial charge in [0.25, 0.3) is 0 Å². The molecule has 0 spiro atoms. The predicted molar refractivity (Wildman–Crippen MR) is 96.7 cm³/mol. The van der Waals surface area contributed by atoms with E-state index in [0.29, 0.717) is 16.0 Å². The molecule has 7 heteroatoms. The van der Waals surface area contributed by atoms with E-state index in [4.69, 9.17) is 11.6 Å². The average molecular weight is 367 g/mol. The smallest absolute Gasteiger partial charge is 0.195 e. The molecule has 4 aromatic rings. The van der Waals surface area contributed by atoms with E-state index in [0.717, 1.165) is 27.1 Å². The minimum absolute atomic E-state index is 0.551. The lowest BCUT2D eigenvalue weighted by molar-refractivity contribution is 0.116. The van der Waals surface area contributed by atoms with E-state index < -0.39 is 6.23 Å². The van der Waals surface area contributed by atoms with Crippen LogP contribution in [0.2, 0.25) is 5.02 Å². The van der Waals surface area contributed by atoms with Crippen LogP contribution in [0.4, 0.5) is 0 Å². The Kier molecular flexibility index (Phi) is 3.31. The van der Waals surface area contributed by atoms with Gasteiger partial charge in [-0.05, 0) is 48.2 Å². The van der Waals surface area contributed by atoms with Crippen molar-refractivity contribution in [3.05, 3.63) is 65.2 Å². The van der Waals surface area contributed by atoms with Crippen LogP contribution in [0.25, 0.3) is 22.3 Å². The average Bonchev–Trinajstić information content (AvgIpc) is 3.05. The molecule has 1 atom stereocenters. The van der Waals surface area contributed by atoms with Crippen molar-refractivity contribution in [3.63, 3.8) is 0 Å². The van der Waals surface area contributed by atoms with Crippen molar-refractivity contribution in [1.29, 1.82) is 0 Å². The fourth-order valence-electron chi connectivity index (χ4n) is 2.86. The first-order chi connectivity index (χ1) is 12.2. The van der Waals surface area contributed by atoms with Gasteiger partial charge in [-0.25, -0.2) is 14.6 Å². The van der Waals surface area contributed by atoms with Gasteiger partial charge in [0.1, 0.15) is 5.03 Å². The summed E-state index contributed by atoms with van der Waals surface area (Å²) in [5.41, 5.74) is 2.48. The molecular formula is C18H11ClN4OS. The van der Waals surface area contributed by atoms with E-state index >= 15 is 0 Å². The second-order valence-corrected chi connectivity index (χ2v) is 7.11. The summed E-state index contributed by atoms with van der Waals surface area (Å²) in [6.45, 7) is 0. The Balaban J connectivity index is 1.62. The molecule has 0 bridgehead atoms. The third kappa shape index (κ3) is 2.41. The molecule has 3 heterocycles. The minimum Gasteiger partial charge on any atom is -0.368 e. The number of hydrogen-bond donors (Lipinski definition) is 1. The second kappa shape index (κ2) is 5.56. The fourth-order valence-corrected chi connectivity index (χ4v) is 3.95. The maximum atomic E-state index is 10.8. The molecule has 0 aliphatic carbocycles. The highest BCUT2D eigenvalue weighted by molar-refractivity contribution is 7.99. The number of halogens is 1. The lowest BCUT2D eigenvalue weighted by Gasteiger charge is -2.21. The second-order valence-electron chi connectivity index (χ2n) is 5.72. The predicted octanol–water partition coefficient (Wildman–Crippen LogP) is 4.15. The quantitative estimate of drug-likeness (QED) is 0.548. The molecule has 25 heavy (non-hydrogen) atoms. The molecule has 1 aliphatic heterocycles. The molecular weight excluding hydrogens is 356 g/mol. The van der Waals surface area contributed by atoms with Gasteiger partial charge in [-0.2, -0.15) is 0 Å². The molecule has 5 nitrogen and oxygen atoms in total. The number of hydrogen-bond acceptors (Lipinski definition) is 5. The molecule has 2 aromatic carbocycles. The summed E-state index contributed by atoms with van der Waals surface area (Å²) in [5, 5.41) is 18.3. The van der Waals surface area contributed by atoms with Crippen LogP contribution in [-0.4, -0.2) is 24.9 Å². The van der Waals surface area contributed by atoms with Gasteiger partial charge in [-0.1, -0.05) is 29.8 Å². The Morgan fingerprint density at radius 3 is 2.68 bits per heavy atom. The van der Waals surface area contributed by atoms with Crippen LogP contribution in [-0.2, 0) is 0 Å². The highest BCUT2D eigenvalue weighted by Crippen LogP contribution is 2.40. The lowest BCUT2D eigenvalue weighted by Crippen LogP contribution is -2.18. The largest absolute Gasteiger partial charge is 0.368 e. The summed E-state index contributed by atoms with van der Waals surface area (Å²) in [6.07, 6.45) is -0.906. The molecule has 0 saturated heterocycles. The van der Waals surface area contributed by atoms with Crippen LogP contribution in [0.5, 0.6) is 0 Å². The van der Waals surface area contributed by atoms with E-state index in [1.807, 2.05) is 42.5 Å². The van der Waals surface area contributed by atoms with Crippen molar-refractivity contribution >= 4 is 34.3 Å². The number of aliphatic hydroxyl groups excluding tert-OH is 1. The van der Waals surface area contributed by atoms with Gasteiger partial charge in [-0.15, -0.1) is 5.10 Å². The van der Waals surface area contributed by atoms with Gasteiger partial charge in [0.05, 0.1) is 5.52 Å². The maximum absolute atomic E-state index is 10.8. The minimum atomic E-state index is -0.906. The van der Waals surface area contributed by atoms with E-state index in [1.54, 1.807) is 12.1 Å². The van der Waals surface area contributed by atoms with Gasteiger partial charge in [0, 0.05) is 21.5 Å². The Labute approximate surface area is 152 Å². The van der Waals surface area contributed by atoms with Crippen molar-refractivity contribution in [2.45, 2.75) is 16.4 Å². The number of nitrogens with zero attached hydrogens (tertiary/aromatic N) is 4. The van der Waals surface area contributed by atoms with Gasteiger partial charge in [0.2, 0.25) is 0 Å². The fraction of sp³-hybridized carbons (Fsp3) is 0.0556. The summed E-state index contributed by atoms with van der Waals surface area (Å²) in [5.74, 6) is 0.551. The standard InChI is InChI=1S/C18H11ClN4OS/c19-12-7-5-10(6-8-12)15-21-18-23(22-15)17(24)13-9-11-3-1-2-4-14(11)20-16(13)25-18/h1-9,17,24H. The van der Waals surface area contributed by atoms with Crippen LogP contribution in [0, 0.1) is 0 Å². The Morgan fingerprint density at radius 1 is 1.04 bits per heavy atom. The molecule has 0 radical (unpaired) electrons. The summed E-state index contributed by atoms with van der Waals surface area (Å²) in [6, 6.07) is 17.1. The van der Waals surface area contributed by atoms with Crippen LogP contribution in [0.3, 0.4) is 0 Å². The SMILES string of the molecule is OC1c2cc3ccccc3nc2Sc2nc(-c3ccc(Cl)cc3)nn21. The van der Waals surface area contributed by atoms with E-state index in [-0.39, 0.29) is 0 Å². The zero-order valence-electron chi connectivity index (χ0n) is 12.8. The van der Waals surface area contributed by atoms with Crippen molar-refractivity contribution < 1.29 is 5.11 Å². The summed E-state index contributed by atoms with van der Waals surface area (Å²) < 4.78 is 1.54. The van der Waals surface area contributed by atoms with Crippen LogP contribution >= 0.6 is 23.4 Å². The Bertz CT molecular complexity index is 1110. The molecule has 122 valence electrons. The number of aromatic nitrogens is 4. The van der Waals surface area contributed by atoms with Crippen molar-refractivity contribution in [2.24, 2.45) is 0 Å². The number of para-hydroxylation sites is 1. The molecule has 0 saturated carbocycles. The first kappa shape index (κ1) is 14.9. The highest BCUT2D eigenvalue weighted by Gasteiger charge is 2.29. The molecule has 1 aliphatic rings. The Morgan fingerprint density at radius 2 is 1.84 bits per heavy atom. The van der Waals surface area contributed by atoms with Crippen LogP contribution < -0.4 is 0 Å². The monoisotopic (exact) mass is 366 g/mol. The maximum Gasteiger partial charge on any atom is 0.195 e. The molecule has 0 fully saturated rings. The van der Waals surface area contributed by atoms with E-state index in [1.165, 1.54) is 16.4 Å². The number of fused-ring (bicyclic) bond motifs is 3. The highest BCUT2D eigenvalue weighted by atomic mass is 35.5. The van der Waals surface area contributed by atoms with Gasteiger partial charge >= 0.3 is 0 Å². The van der Waals surface area contributed by atoms with Crippen molar-refractivity contribution in [2.75, 3.05) is 0 Å². The molecule has 2 aromatic heterocycles. The molecule has 0 amide bonds. The Hall–Kier alpha value is -2.41. The summed E-state index contributed by atoms with van der Waals surface area (Å²) >= 11 is 7.35. The van der Waals surface area contributed by atoms with Gasteiger partial charge < -0.3 is 5.11 Å². The van der Waals surface area contributed by atoms with E-state index in [9.17, 15) is 5.11 Å². The van der Waals surface area contributed by atoms with Crippen LogP contribution in [0.1, 0.15) is 11.8 Å². The van der Waals surface area contributed by atoms with E-state index in [2.05, 4.69) is 15.1 Å². The van der Waals surface area contributed by atoms with Crippen molar-refractivity contribution in [3.8, 4) is 11.4 Å². The van der Waals surface area contributed by atoms with Crippen LogP contribution in [0.15, 0.2) is 64.8 Å². The van der Waals surface area contributed by atoms with Crippen molar-refractivity contribution in [1.82, 2.24) is 19.7 Å². The van der Waals surface area contributed by atoms with Gasteiger partial charge in [-0.3, -0.25) is 0 Å². The number of benzene rings is 2. The molecule has 5 rings (SSSR count). The number of aliphatic hydroxyl groups is 1. The third-order valence-corrected chi connectivity index (χ3v) is 5.35.